The van der Waals surface area contributed by atoms with Gasteiger partial charge in [0.2, 0.25) is 0 Å². The molecule has 0 bridgehead atoms. The highest BCUT2D eigenvalue weighted by Crippen LogP contribution is 2.37. The number of esters is 1. The van der Waals surface area contributed by atoms with E-state index in [2.05, 4.69) is 46.9 Å². The first kappa shape index (κ1) is 20.8. The van der Waals surface area contributed by atoms with E-state index < -0.39 is 11.6 Å². The van der Waals surface area contributed by atoms with Crippen molar-refractivity contribution in [2.45, 2.75) is 24.5 Å². The van der Waals surface area contributed by atoms with Crippen LogP contribution in [-0.4, -0.2) is 33.1 Å². The number of rotatable bonds is 8. The van der Waals surface area contributed by atoms with Gasteiger partial charge in [0, 0.05) is 6.04 Å². The van der Waals surface area contributed by atoms with Gasteiger partial charge in [0.05, 0.1) is 12.6 Å². The molecule has 3 aromatic rings. The Balaban J connectivity index is 2.28. The van der Waals surface area contributed by atoms with Crippen LogP contribution in [0.1, 0.15) is 23.6 Å². The van der Waals surface area contributed by atoms with Gasteiger partial charge in [-0.2, -0.15) is 0 Å². The van der Waals surface area contributed by atoms with Crippen LogP contribution in [0.3, 0.4) is 0 Å². The molecule has 0 saturated carbocycles. The molecule has 0 aliphatic rings. The summed E-state index contributed by atoms with van der Waals surface area (Å²) in [6.07, 6.45) is 0. The maximum absolute atomic E-state index is 12.8. The zero-order valence-corrected chi connectivity index (χ0v) is 17.1. The molecule has 0 aromatic heterocycles. The highest BCUT2D eigenvalue weighted by atomic mass is 16.5. The summed E-state index contributed by atoms with van der Waals surface area (Å²) >= 11 is 0. The summed E-state index contributed by atoms with van der Waals surface area (Å²) in [5, 5.41) is 6.87. The van der Waals surface area contributed by atoms with Gasteiger partial charge in [-0.05, 0) is 23.6 Å². The molecule has 0 radical (unpaired) electrons. The molecule has 0 saturated heterocycles. The van der Waals surface area contributed by atoms with Gasteiger partial charge >= 0.3 is 5.97 Å². The summed E-state index contributed by atoms with van der Waals surface area (Å²) < 4.78 is 5.15. The van der Waals surface area contributed by atoms with Crippen molar-refractivity contribution in [3.8, 4) is 0 Å². The number of ether oxygens (including phenoxy) is 1. The summed E-state index contributed by atoms with van der Waals surface area (Å²) in [6, 6.07) is 29.9. The lowest BCUT2D eigenvalue weighted by Gasteiger charge is -2.40. The fourth-order valence-electron chi connectivity index (χ4n) is 3.73. The van der Waals surface area contributed by atoms with E-state index in [0.717, 1.165) is 16.7 Å². The van der Waals surface area contributed by atoms with E-state index in [1.807, 2.05) is 69.5 Å². The smallest absolute Gasteiger partial charge is 0.324 e. The maximum atomic E-state index is 12.8. The van der Waals surface area contributed by atoms with Crippen LogP contribution >= 0.6 is 0 Å². The van der Waals surface area contributed by atoms with Gasteiger partial charge in [-0.15, -0.1) is 0 Å². The highest BCUT2D eigenvalue weighted by Gasteiger charge is 2.41. The van der Waals surface area contributed by atoms with Crippen molar-refractivity contribution in [1.29, 1.82) is 0 Å². The van der Waals surface area contributed by atoms with Crippen molar-refractivity contribution in [3.63, 3.8) is 0 Å². The largest absolute Gasteiger partial charge is 0.468 e. The van der Waals surface area contributed by atoms with Crippen LogP contribution in [0, 0.1) is 0 Å². The fourth-order valence-corrected chi connectivity index (χ4v) is 3.73. The van der Waals surface area contributed by atoms with Crippen LogP contribution in [0.2, 0.25) is 0 Å². The molecule has 0 heterocycles. The molecule has 3 rings (SSSR count). The van der Waals surface area contributed by atoms with Gasteiger partial charge in [-0.25, -0.2) is 0 Å². The minimum absolute atomic E-state index is 0.141. The van der Waals surface area contributed by atoms with Crippen LogP contribution in [0.5, 0.6) is 0 Å². The molecule has 0 aliphatic heterocycles. The van der Waals surface area contributed by atoms with Gasteiger partial charge in [-0.1, -0.05) is 91.0 Å². The van der Waals surface area contributed by atoms with Gasteiger partial charge < -0.3 is 9.96 Å². The van der Waals surface area contributed by atoms with Crippen molar-refractivity contribution >= 4 is 14.0 Å². The summed E-state index contributed by atoms with van der Waals surface area (Å²) in [4.78, 5) is 12.8. The first-order valence-electron chi connectivity index (χ1n) is 9.83. The number of benzene rings is 3. The number of hydrogen-bond donors (Lipinski definition) is 2. The second kappa shape index (κ2) is 9.55. The van der Waals surface area contributed by atoms with Gasteiger partial charge in [0.1, 0.15) is 6.04 Å². The van der Waals surface area contributed by atoms with Gasteiger partial charge in [0.25, 0.3) is 0 Å². The quantitative estimate of drug-likeness (QED) is 0.355. The van der Waals surface area contributed by atoms with Crippen LogP contribution in [0.15, 0.2) is 91.0 Å². The first-order valence-corrected chi connectivity index (χ1v) is 9.83. The van der Waals surface area contributed by atoms with Crippen molar-refractivity contribution in [2.75, 3.05) is 7.11 Å². The Morgan fingerprint density at radius 1 is 0.828 bits per heavy atom. The lowest BCUT2D eigenvalue weighted by Crippen LogP contribution is -2.59. The molecule has 5 heteroatoms. The number of carbonyl (C=O) groups excluding carboxylic acids is 1. The summed E-state index contributed by atoms with van der Waals surface area (Å²) in [7, 11) is 3.27. The molecule has 4 nitrogen and oxygen atoms in total. The minimum atomic E-state index is -0.728. The maximum Gasteiger partial charge on any atom is 0.324 e. The predicted octanol–water partition coefficient (Wildman–Crippen LogP) is 2.64. The molecule has 0 spiro atoms. The first-order chi connectivity index (χ1) is 14.1. The van der Waals surface area contributed by atoms with E-state index in [0.29, 0.717) is 0 Å². The highest BCUT2D eigenvalue weighted by molar-refractivity contribution is 6.04. The molecular weight excluding hydrogens is 359 g/mol. The standard InChI is InChI=1S/C24H27BN2O2/c1-18(27-25)22(23(28)29-2)26-24(19-12-6-3-7-13-19,20-14-8-4-9-15-20)21-16-10-5-11-17-21/h3-18,22,26-27H,25H2,1-2H3/t18-,22+/m1/s1. The molecule has 0 unspecified atom stereocenters. The molecular formula is C24H27BN2O2. The molecule has 0 aliphatic carbocycles. The fraction of sp³-hybridized carbons (Fsp3) is 0.208. The predicted molar refractivity (Wildman–Crippen MR) is 119 cm³/mol. The third kappa shape index (κ3) is 4.26. The minimum Gasteiger partial charge on any atom is -0.468 e. The van der Waals surface area contributed by atoms with Crippen LogP contribution < -0.4 is 10.5 Å². The van der Waals surface area contributed by atoms with E-state index in [1.165, 1.54) is 7.11 Å². The Bertz CT molecular complexity index is 807. The average molecular weight is 386 g/mol. The number of hydrogen-bond acceptors (Lipinski definition) is 4. The zero-order valence-electron chi connectivity index (χ0n) is 17.1. The van der Waals surface area contributed by atoms with E-state index >= 15 is 0 Å². The monoisotopic (exact) mass is 386 g/mol. The van der Waals surface area contributed by atoms with Crippen LogP contribution in [0.4, 0.5) is 0 Å². The van der Waals surface area contributed by atoms with E-state index in [9.17, 15) is 4.79 Å². The zero-order chi connectivity index (χ0) is 20.7. The Morgan fingerprint density at radius 2 is 1.21 bits per heavy atom. The van der Waals surface area contributed by atoms with Gasteiger partial charge in [-0.3, -0.25) is 10.1 Å². The van der Waals surface area contributed by atoms with E-state index in [4.69, 9.17) is 4.74 Å². The normalized spacial score (nSPS) is 13.4. The molecule has 2 N–H and O–H groups in total. The molecule has 0 amide bonds. The Hall–Kier alpha value is -2.89. The number of nitrogens with one attached hydrogen (secondary N) is 2. The summed E-state index contributed by atoms with van der Waals surface area (Å²) in [6.45, 7) is 1.97. The lowest BCUT2D eigenvalue weighted by atomic mass is 9.76. The lowest BCUT2D eigenvalue weighted by molar-refractivity contribution is -0.144. The SMILES string of the molecule is BN[C@H](C)[C@H](NC(c1ccccc1)(c1ccccc1)c1ccccc1)C(=O)OC. The molecule has 2 atom stereocenters. The number of carbonyl (C=O) groups is 1. The van der Waals surface area contributed by atoms with Crippen LogP contribution in [-0.2, 0) is 15.1 Å². The van der Waals surface area contributed by atoms with Crippen molar-refractivity contribution in [2.24, 2.45) is 0 Å². The average Bonchev–Trinajstić information content (AvgIpc) is 2.81. The second-order valence-corrected chi connectivity index (χ2v) is 7.07. The van der Waals surface area contributed by atoms with Gasteiger partial charge in [0.15, 0.2) is 7.98 Å². The summed E-state index contributed by atoms with van der Waals surface area (Å²) in [5.74, 6) is -0.306. The third-order valence-corrected chi connectivity index (χ3v) is 5.40. The second-order valence-electron chi connectivity index (χ2n) is 7.07. The third-order valence-electron chi connectivity index (χ3n) is 5.40. The molecule has 148 valence electrons. The van der Waals surface area contributed by atoms with E-state index in [-0.39, 0.29) is 12.0 Å². The molecule has 0 fully saturated rings. The Morgan fingerprint density at radius 3 is 1.52 bits per heavy atom. The molecule has 29 heavy (non-hydrogen) atoms. The van der Waals surface area contributed by atoms with E-state index in [1.54, 1.807) is 0 Å². The van der Waals surface area contributed by atoms with Crippen LogP contribution in [0.25, 0.3) is 0 Å². The summed E-state index contributed by atoms with van der Waals surface area (Å²) in [5.41, 5.74) is 2.42. The Labute approximate surface area is 173 Å². The van der Waals surface area contributed by atoms with Crippen molar-refractivity contribution < 1.29 is 9.53 Å². The Kier molecular flexibility index (Phi) is 6.86. The van der Waals surface area contributed by atoms with Crippen molar-refractivity contribution in [3.05, 3.63) is 108 Å². The topological polar surface area (TPSA) is 50.4 Å². The molecule has 3 aromatic carbocycles. The number of methoxy groups -OCH3 is 1. The van der Waals surface area contributed by atoms with Crippen molar-refractivity contribution in [1.82, 2.24) is 10.5 Å².